The zero-order valence-corrected chi connectivity index (χ0v) is 14.9. The molecule has 0 spiro atoms. The van der Waals surface area contributed by atoms with Crippen LogP contribution in [0.4, 0.5) is 16.2 Å². The van der Waals surface area contributed by atoms with Gasteiger partial charge in [0, 0.05) is 18.4 Å². The number of urea groups is 1. The van der Waals surface area contributed by atoms with Crippen LogP contribution in [0, 0.1) is 5.92 Å². The van der Waals surface area contributed by atoms with Crippen molar-refractivity contribution in [1.82, 2.24) is 5.32 Å². The Hall–Kier alpha value is -2.82. The van der Waals surface area contributed by atoms with Gasteiger partial charge in [0.2, 0.25) is 5.91 Å². The molecule has 0 aliphatic heterocycles. The lowest BCUT2D eigenvalue weighted by Crippen LogP contribution is -2.26. The van der Waals surface area contributed by atoms with Crippen molar-refractivity contribution in [3.05, 3.63) is 60.2 Å². The van der Waals surface area contributed by atoms with Crippen LogP contribution in [0.25, 0.3) is 0 Å². The van der Waals surface area contributed by atoms with E-state index >= 15 is 0 Å². The molecule has 0 radical (unpaired) electrons. The van der Waals surface area contributed by atoms with E-state index in [1.807, 2.05) is 30.3 Å². The second kappa shape index (κ2) is 8.87. The summed E-state index contributed by atoms with van der Waals surface area (Å²) in [6.07, 6.45) is 0.919. The number of carbonyl (C=O) groups is 2. The number of benzene rings is 2. The number of rotatable bonds is 6. The van der Waals surface area contributed by atoms with E-state index in [0.717, 1.165) is 12.0 Å². The SMILES string of the molecule is CCC(C)C(C(=O)Nc1ccc(NC(=O)NC)cc1)c1ccccc1. The van der Waals surface area contributed by atoms with E-state index in [-0.39, 0.29) is 23.8 Å². The van der Waals surface area contributed by atoms with Crippen molar-refractivity contribution < 1.29 is 9.59 Å². The third-order valence-electron chi connectivity index (χ3n) is 4.29. The second-order valence-electron chi connectivity index (χ2n) is 6.04. The molecule has 0 heterocycles. The van der Waals surface area contributed by atoms with Crippen LogP contribution < -0.4 is 16.0 Å². The van der Waals surface area contributed by atoms with Gasteiger partial charge in [-0.15, -0.1) is 0 Å². The minimum absolute atomic E-state index is 0.0208. The molecule has 0 aromatic heterocycles. The highest BCUT2D eigenvalue weighted by Gasteiger charge is 2.25. The third kappa shape index (κ3) is 5.08. The van der Waals surface area contributed by atoms with Gasteiger partial charge in [0.05, 0.1) is 5.92 Å². The summed E-state index contributed by atoms with van der Waals surface area (Å²) < 4.78 is 0. The standard InChI is InChI=1S/C20H25N3O2/c1-4-14(2)18(15-8-6-5-7-9-15)19(24)22-16-10-12-17(13-11-16)23-20(25)21-3/h5-14,18H,4H2,1-3H3,(H,22,24)(H2,21,23,25). The van der Waals surface area contributed by atoms with Gasteiger partial charge in [0.1, 0.15) is 0 Å². The van der Waals surface area contributed by atoms with E-state index in [1.165, 1.54) is 0 Å². The monoisotopic (exact) mass is 339 g/mol. The lowest BCUT2D eigenvalue weighted by atomic mass is 9.85. The summed E-state index contributed by atoms with van der Waals surface area (Å²) in [6.45, 7) is 4.18. The second-order valence-corrected chi connectivity index (χ2v) is 6.04. The van der Waals surface area contributed by atoms with Crippen molar-refractivity contribution in [2.24, 2.45) is 5.92 Å². The lowest BCUT2D eigenvalue weighted by molar-refractivity contribution is -0.118. The van der Waals surface area contributed by atoms with Gasteiger partial charge in [-0.05, 0) is 35.7 Å². The van der Waals surface area contributed by atoms with Crippen LogP contribution >= 0.6 is 0 Å². The van der Waals surface area contributed by atoms with Gasteiger partial charge in [-0.2, -0.15) is 0 Å². The first-order valence-corrected chi connectivity index (χ1v) is 8.49. The van der Waals surface area contributed by atoms with E-state index < -0.39 is 0 Å². The molecule has 5 nitrogen and oxygen atoms in total. The molecule has 2 atom stereocenters. The van der Waals surface area contributed by atoms with E-state index in [1.54, 1.807) is 31.3 Å². The Bertz CT molecular complexity index is 699. The molecule has 2 aromatic carbocycles. The van der Waals surface area contributed by atoms with Crippen LogP contribution in [-0.4, -0.2) is 19.0 Å². The number of hydrogen-bond acceptors (Lipinski definition) is 2. The number of anilines is 2. The van der Waals surface area contributed by atoms with Crippen LogP contribution in [0.15, 0.2) is 54.6 Å². The molecule has 0 aliphatic carbocycles. The smallest absolute Gasteiger partial charge is 0.318 e. The lowest BCUT2D eigenvalue weighted by Gasteiger charge is -2.23. The quantitative estimate of drug-likeness (QED) is 0.738. The Balaban J connectivity index is 2.11. The molecule has 132 valence electrons. The molecular weight excluding hydrogens is 314 g/mol. The first-order valence-electron chi connectivity index (χ1n) is 8.49. The zero-order valence-electron chi connectivity index (χ0n) is 14.9. The van der Waals surface area contributed by atoms with Gasteiger partial charge in [-0.1, -0.05) is 50.6 Å². The fourth-order valence-electron chi connectivity index (χ4n) is 2.68. The zero-order chi connectivity index (χ0) is 18.2. The maximum atomic E-state index is 12.8. The van der Waals surface area contributed by atoms with Gasteiger partial charge in [0.25, 0.3) is 0 Å². The summed E-state index contributed by atoms with van der Waals surface area (Å²) in [5, 5.41) is 8.16. The van der Waals surface area contributed by atoms with E-state index in [4.69, 9.17) is 0 Å². The molecular formula is C20H25N3O2. The fraction of sp³-hybridized carbons (Fsp3) is 0.300. The molecule has 0 fully saturated rings. The summed E-state index contributed by atoms with van der Waals surface area (Å²) in [6, 6.07) is 16.6. The highest BCUT2D eigenvalue weighted by atomic mass is 16.2. The summed E-state index contributed by atoms with van der Waals surface area (Å²) in [4.78, 5) is 24.1. The van der Waals surface area contributed by atoms with Crippen molar-refractivity contribution in [2.75, 3.05) is 17.7 Å². The maximum Gasteiger partial charge on any atom is 0.318 e. The molecule has 3 N–H and O–H groups in total. The largest absolute Gasteiger partial charge is 0.341 e. The van der Waals surface area contributed by atoms with E-state index in [2.05, 4.69) is 29.8 Å². The van der Waals surface area contributed by atoms with Gasteiger partial charge < -0.3 is 16.0 Å². The minimum Gasteiger partial charge on any atom is -0.341 e. The van der Waals surface area contributed by atoms with Crippen LogP contribution in [-0.2, 0) is 4.79 Å². The average molecular weight is 339 g/mol. The summed E-state index contributed by atoms with van der Waals surface area (Å²) in [5.74, 6) is 0.0130. The summed E-state index contributed by atoms with van der Waals surface area (Å²) >= 11 is 0. The average Bonchev–Trinajstić information content (AvgIpc) is 2.64. The molecule has 2 rings (SSSR count). The number of hydrogen-bond donors (Lipinski definition) is 3. The first kappa shape index (κ1) is 18.5. The van der Waals surface area contributed by atoms with Gasteiger partial charge >= 0.3 is 6.03 Å². The Morgan fingerprint density at radius 1 is 0.920 bits per heavy atom. The predicted octanol–water partition coefficient (Wildman–Crippen LogP) is 4.21. The van der Waals surface area contributed by atoms with Gasteiger partial charge in [0.15, 0.2) is 0 Å². The molecule has 0 aliphatic rings. The number of carbonyl (C=O) groups excluding carboxylic acids is 2. The molecule has 5 heteroatoms. The molecule has 0 bridgehead atoms. The highest BCUT2D eigenvalue weighted by molar-refractivity contribution is 5.96. The first-order chi connectivity index (χ1) is 12.0. The topological polar surface area (TPSA) is 70.2 Å². The molecule has 25 heavy (non-hydrogen) atoms. The van der Waals surface area contributed by atoms with Gasteiger partial charge in [-0.3, -0.25) is 4.79 Å². The van der Waals surface area contributed by atoms with Crippen LogP contribution in [0.2, 0.25) is 0 Å². The number of amides is 3. The molecule has 0 saturated carbocycles. The van der Waals surface area contributed by atoms with Gasteiger partial charge in [-0.25, -0.2) is 4.79 Å². The van der Waals surface area contributed by atoms with Crippen molar-refractivity contribution >= 4 is 23.3 Å². The molecule has 0 saturated heterocycles. The predicted molar refractivity (Wildman–Crippen MR) is 102 cm³/mol. The highest BCUT2D eigenvalue weighted by Crippen LogP contribution is 2.28. The maximum absolute atomic E-state index is 12.8. The Labute approximate surface area is 148 Å². The molecule has 2 unspecified atom stereocenters. The number of nitrogens with one attached hydrogen (secondary N) is 3. The minimum atomic E-state index is -0.280. The van der Waals surface area contributed by atoms with Crippen LogP contribution in [0.1, 0.15) is 31.7 Å². The van der Waals surface area contributed by atoms with Crippen molar-refractivity contribution in [1.29, 1.82) is 0 Å². The van der Waals surface area contributed by atoms with Crippen LogP contribution in [0.5, 0.6) is 0 Å². The van der Waals surface area contributed by atoms with Crippen molar-refractivity contribution in [2.45, 2.75) is 26.2 Å². The fourth-order valence-corrected chi connectivity index (χ4v) is 2.68. The normalized spacial score (nSPS) is 12.8. The molecule has 3 amide bonds. The van der Waals surface area contributed by atoms with Crippen LogP contribution in [0.3, 0.4) is 0 Å². The Morgan fingerprint density at radius 2 is 1.48 bits per heavy atom. The van der Waals surface area contributed by atoms with Crippen molar-refractivity contribution in [3.8, 4) is 0 Å². The molecule has 2 aromatic rings. The van der Waals surface area contributed by atoms with Crippen molar-refractivity contribution in [3.63, 3.8) is 0 Å². The third-order valence-corrected chi connectivity index (χ3v) is 4.29. The summed E-state index contributed by atoms with van der Waals surface area (Å²) in [7, 11) is 1.56. The van der Waals surface area contributed by atoms with E-state index in [9.17, 15) is 9.59 Å². The van der Waals surface area contributed by atoms with E-state index in [0.29, 0.717) is 11.4 Å². The summed E-state index contributed by atoms with van der Waals surface area (Å²) in [5.41, 5.74) is 2.39. The Morgan fingerprint density at radius 3 is 2.00 bits per heavy atom. The Kier molecular flexibility index (Phi) is 6.57.